The number of hydrogen-bond donors (Lipinski definition) is 0. The molecule has 0 radical (unpaired) electrons. The summed E-state index contributed by atoms with van der Waals surface area (Å²) >= 11 is 0. The lowest BCUT2D eigenvalue weighted by molar-refractivity contribution is 0.00883. The van der Waals surface area contributed by atoms with Crippen LogP contribution in [0.3, 0.4) is 0 Å². The van der Waals surface area contributed by atoms with Gasteiger partial charge in [-0.25, -0.2) is 4.79 Å². The molecule has 116 valence electrons. The molecule has 0 spiro atoms. The maximum absolute atomic E-state index is 12.2. The molecule has 1 aromatic carbocycles. The zero-order valence-corrected chi connectivity index (χ0v) is 13.2. The normalized spacial score (nSPS) is 18.8. The highest BCUT2D eigenvalue weighted by Gasteiger charge is 2.32. The first-order valence-electron chi connectivity index (χ1n) is 7.57. The van der Waals surface area contributed by atoms with Crippen molar-refractivity contribution in [3.63, 3.8) is 0 Å². The molecule has 0 aromatic heterocycles. The van der Waals surface area contributed by atoms with Gasteiger partial charge in [-0.05, 0) is 39.2 Å². The Labute approximate surface area is 127 Å². The van der Waals surface area contributed by atoms with Crippen molar-refractivity contribution in [2.75, 3.05) is 13.2 Å². The average molecular weight is 291 g/mol. The van der Waals surface area contributed by atoms with Gasteiger partial charge in [0.2, 0.25) is 0 Å². The highest BCUT2D eigenvalue weighted by Crippen LogP contribution is 2.21. The Morgan fingerprint density at radius 3 is 2.67 bits per heavy atom. The molecular weight excluding hydrogens is 266 g/mol. The Balaban J connectivity index is 1.80. The minimum absolute atomic E-state index is 0.128. The van der Waals surface area contributed by atoms with Crippen molar-refractivity contribution in [2.24, 2.45) is 0 Å². The maximum atomic E-state index is 12.2. The van der Waals surface area contributed by atoms with E-state index in [0.29, 0.717) is 13.2 Å². The number of carbonyl (C=O) groups excluding carboxylic acids is 1. The van der Waals surface area contributed by atoms with E-state index in [0.717, 1.165) is 24.9 Å². The van der Waals surface area contributed by atoms with Crippen molar-refractivity contribution in [1.82, 2.24) is 4.90 Å². The van der Waals surface area contributed by atoms with Crippen molar-refractivity contribution in [1.29, 1.82) is 0 Å². The molecule has 2 rings (SSSR count). The number of amides is 1. The van der Waals surface area contributed by atoms with Gasteiger partial charge < -0.3 is 14.4 Å². The molecular formula is C17H25NO3. The van der Waals surface area contributed by atoms with Gasteiger partial charge in [-0.2, -0.15) is 0 Å². The molecule has 0 bridgehead atoms. The van der Waals surface area contributed by atoms with E-state index >= 15 is 0 Å². The Morgan fingerprint density at radius 2 is 2.00 bits per heavy atom. The van der Waals surface area contributed by atoms with Crippen LogP contribution in [-0.2, 0) is 16.1 Å². The monoisotopic (exact) mass is 291 g/mol. The first kappa shape index (κ1) is 15.8. The Kier molecular flexibility index (Phi) is 5.23. The second-order valence-corrected chi connectivity index (χ2v) is 6.47. The molecule has 1 aliphatic heterocycles. The third-order valence-electron chi connectivity index (χ3n) is 3.43. The molecule has 0 saturated carbocycles. The van der Waals surface area contributed by atoms with E-state index in [2.05, 4.69) is 0 Å². The molecule has 1 heterocycles. The number of likely N-dealkylation sites (tertiary alicyclic amines) is 1. The number of benzene rings is 1. The molecule has 21 heavy (non-hydrogen) atoms. The van der Waals surface area contributed by atoms with Crippen molar-refractivity contribution >= 4 is 6.09 Å². The summed E-state index contributed by atoms with van der Waals surface area (Å²) in [6, 6.07) is 10.2. The van der Waals surface area contributed by atoms with E-state index in [1.54, 1.807) is 4.90 Å². The molecule has 1 aromatic rings. The van der Waals surface area contributed by atoms with Crippen molar-refractivity contribution < 1.29 is 14.3 Å². The van der Waals surface area contributed by atoms with Gasteiger partial charge in [-0.15, -0.1) is 0 Å². The Morgan fingerprint density at radius 1 is 1.29 bits per heavy atom. The number of ether oxygens (including phenoxy) is 2. The van der Waals surface area contributed by atoms with Gasteiger partial charge in [-0.3, -0.25) is 0 Å². The van der Waals surface area contributed by atoms with Crippen LogP contribution >= 0.6 is 0 Å². The topological polar surface area (TPSA) is 38.8 Å². The van der Waals surface area contributed by atoms with E-state index in [4.69, 9.17) is 9.47 Å². The van der Waals surface area contributed by atoms with Gasteiger partial charge in [0.15, 0.2) is 0 Å². The molecule has 1 aliphatic rings. The summed E-state index contributed by atoms with van der Waals surface area (Å²) in [4.78, 5) is 14.0. The Hall–Kier alpha value is -1.55. The number of hydrogen-bond acceptors (Lipinski definition) is 3. The highest BCUT2D eigenvalue weighted by molar-refractivity contribution is 5.68. The SMILES string of the molecule is CC(C)(C)OC(=O)N1CCCC1COCc1ccccc1. The number of nitrogens with zero attached hydrogens (tertiary/aromatic N) is 1. The van der Waals surface area contributed by atoms with Crippen LogP contribution in [0, 0.1) is 0 Å². The van der Waals surface area contributed by atoms with Gasteiger partial charge in [0.25, 0.3) is 0 Å². The van der Waals surface area contributed by atoms with Crippen LogP contribution in [0.4, 0.5) is 4.79 Å². The predicted octanol–water partition coefficient (Wildman–Crippen LogP) is 3.60. The minimum atomic E-state index is -0.449. The number of rotatable bonds is 4. The van der Waals surface area contributed by atoms with Gasteiger partial charge in [-0.1, -0.05) is 30.3 Å². The maximum Gasteiger partial charge on any atom is 0.410 e. The summed E-state index contributed by atoms with van der Waals surface area (Å²) in [5.41, 5.74) is 0.703. The van der Waals surface area contributed by atoms with Crippen LogP contribution in [0.15, 0.2) is 30.3 Å². The second-order valence-electron chi connectivity index (χ2n) is 6.47. The predicted molar refractivity (Wildman–Crippen MR) is 82.1 cm³/mol. The van der Waals surface area contributed by atoms with Crippen LogP contribution in [-0.4, -0.2) is 35.8 Å². The molecule has 1 atom stereocenters. The van der Waals surface area contributed by atoms with Gasteiger partial charge in [0.1, 0.15) is 5.60 Å². The first-order valence-corrected chi connectivity index (χ1v) is 7.57. The largest absolute Gasteiger partial charge is 0.444 e. The van der Waals surface area contributed by atoms with Crippen molar-refractivity contribution in [3.05, 3.63) is 35.9 Å². The summed E-state index contributed by atoms with van der Waals surface area (Å²) in [6.45, 7) is 7.58. The fourth-order valence-electron chi connectivity index (χ4n) is 2.46. The second kappa shape index (κ2) is 6.94. The van der Waals surface area contributed by atoms with Gasteiger partial charge >= 0.3 is 6.09 Å². The third kappa shape index (κ3) is 5.05. The lowest BCUT2D eigenvalue weighted by atomic mass is 10.2. The van der Waals surface area contributed by atoms with Gasteiger partial charge in [0, 0.05) is 6.54 Å². The lowest BCUT2D eigenvalue weighted by Gasteiger charge is -2.28. The van der Waals surface area contributed by atoms with Crippen molar-refractivity contribution in [3.8, 4) is 0 Å². The van der Waals surface area contributed by atoms with Crippen LogP contribution in [0.5, 0.6) is 0 Å². The zero-order valence-electron chi connectivity index (χ0n) is 13.2. The van der Waals surface area contributed by atoms with E-state index in [9.17, 15) is 4.79 Å². The standard InChI is InChI=1S/C17H25NO3/c1-17(2,3)21-16(19)18-11-7-10-15(18)13-20-12-14-8-5-4-6-9-14/h4-6,8-9,15H,7,10-13H2,1-3H3. The van der Waals surface area contributed by atoms with Crippen LogP contribution in [0.1, 0.15) is 39.2 Å². The van der Waals surface area contributed by atoms with E-state index in [1.165, 1.54) is 0 Å². The fourth-order valence-corrected chi connectivity index (χ4v) is 2.46. The molecule has 4 heteroatoms. The van der Waals surface area contributed by atoms with Gasteiger partial charge in [0.05, 0.1) is 19.3 Å². The molecule has 1 fully saturated rings. The zero-order chi connectivity index (χ0) is 15.3. The third-order valence-corrected chi connectivity index (χ3v) is 3.43. The summed E-state index contributed by atoms with van der Waals surface area (Å²) in [7, 11) is 0. The molecule has 0 aliphatic carbocycles. The van der Waals surface area contributed by atoms with E-state index in [1.807, 2.05) is 51.1 Å². The highest BCUT2D eigenvalue weighted by atomic mass is 16.6. The molecule has 0 N–H and O–H groups in total. The summed E-state index contributed by atoms with van der Waals surface area (Å²) in [6.07, 6.45) is 1.76. The summed E-state index contributed by atoms with van der Waals surface area (Å²) < 4.78 is 11.2. The first-order chi connectivity index (χ1) is 9.96. The minimum Gasteiger partial charge on any atom is -0.444 e. The van der Waals surface area contributed by atoms with Crippen LogP contribution in [0.25, 0.3) is 0 Å². The molecule has 1 unspecified atom stereocenters. The van der Waals surface area contributed by atoms with Crippen LogP contribution < -0.4 is 0 Å². The molecule has 1 amide bonds. The van der Waals surface area contributed by atoms with E-state index < -0.39 is 5.60 Å². The van der Waals surface area contributed by atoms with Crippen LogP contribution in [0.2, 0.25) is 0 Å². The van der Waals surface area contributed by atoms with E-state index in [-0.39, 0.29) is 12.1 Å². The quantitative estimate of drug-likeness (QED) is 0.850. The van der Waals surface area contributed by atoms with Crippen molar-refractivity contribution in [2.45, 2.75) is 51.9 Å². The fraction of sp³-hybridized carbons (Fsp3) is 0.588. The Bertz CT molecular complexity index is 453. The molecule has 1 saturated heterocycles. The summed E-state index contributed by atoms with van der Waals surface area (Å²) in [5, 5.41) is 0. The smallest absolute Gasteiger partial charge is 0.410 e. The average Bonchev–Trinajstić information content (AvgIpc) is 2.86. The molecule has 4 nitrogen and oxygen atoms in total. The lowest BCUT2D eigenvalue weighted by Crippen LogP contribution is -2.41. The summed E-state index contributed by atoms with van der Waals surface area (Å²) in [5.74, 6) is 0. The number of carbonyl (C=O) groups is 1.